The van der Waals surface area contributed by atoms with E-state index < -0.39 is 0 Å². The molecule has 1 aromatic rings. The maximum Gasteiger partial charge on any atom is 0.122 e. The highest BCUT2D eigenvalue weighted by Crippen LogP contribution is 2.43. The van der Waals surface area contributed by atoms with Crippen LogP contribution in [0.3, 0.4) is 0 Å². The first-order valence-electron chi connectivity index (χ1n) is 9.07. The molecule has 0 radical (unpaired) electrons. The number of hydrogen-bond acceptors (Lipinski definition) is 4. The Morgan fingerprint density at radius 2 is 2.00 bits per heavy atom. The van der Waals surface area contributed by atoms with Crippen molar-refractivity contribution >= 4 is 0 Å². The molecule has 2 aliphatic heterocycles. The van der Waals surface area contributed by atoms with Gasteiger partial charge in [0.1, 0.15) is 5.75 Å². The van der Waals surface area contributed by atoms with E-state index in [-0.39, 0.29) is 0 Å². The van der Waals surface area contributed by atoms with E-state index >= 15 is 0 Å². The summed E-state index contributed by atoms with van der Waals surface area (Å²) in [5.41, 5.74) is 3.01. The van der Waals surface area contributed by atoms with Gasteiger partial charge >= 0.3 is 0 Å². The molecule has 1 aromatic carbocycles. The Morgan fingerprint density at radius 1 is 1.13 bits per heavy atom. The molecule has 0 unspecified atom stereocenters. The summed E-state index contributed by atoms with van der Waals surface area (Å²) in [4.78, 5) is 5.29. The largest absolute Gasteiger partial charge is 0.496 e. The topological polar surface area (TPSA) is 24.9 Å². The molecular weight excluding hydrogens is 288 g/mol. The predicted molar refractivity (Wildman–Crippen MR) is 91.3 cm³/mol. The van der Waals surface area contributed by atoms with Gasteiger partial charge < -0.3 is 9.47 Å². The predicted octanol–water partition coefficient (Wildman–Crippen LogP) is 2.13. The number of nitrogens with zero attached hydrogens (tertiary/aromatic N) is 2. The van der Waals surface area contributed by atoms with Crippen molar-refractivity contribution in [2.24, 2.45) is 0 Å². The number of ether oxygens (including phenoxy) is 2. The van der Waals surface area contributed by atoms with Crippen LogP contribution in [-0.2, 0) is 11.2 Å². The van der Waals surface area contributed by atoms with Gasteiger partial charge in [-0.15, -0.1) is 0 Å². The first-order valence-corrected chi connectivity index (χ1v) is 9.07. The Kier molecular flexibility index (Phi) is 4.56. The Hall–Kier alpha value is -1.10. The van der Waals surface area contributed by atoms with Crippen LogP contribution in [0.25, 0.3) is 0 Å². The summed E-state index contributed by atoms with van der Waals surface area (Å²) in [5.74, 6) is 1.80. The second-order valence-electron chi connectivity index (χ2n) is 7.02. The highest BCUT2D eigenvalue weighted by atomic mass is 16.5. The van der Waals surface area contributed by atoms with E-state index in [0.717, 1.165) is 44.5 Å². The summed E-state index contributed by atoms with van der Waals surface area (Å²) in [5, 5.41) is 0. The normalized spacial score (nSPS) is 28.4. The fourth-order valence-corrected chi connectivity index (χ4v) is 4.72. The quantitative estimate of drug-likeness (QED) is 0.850. The average Bonchev–Trinajstić information content (AvgIpc) is 3.04. The summed E-state index contributed by atoms with van der Waals surface area (Å²) in [6, 6.07) is 7.34. The van der Waals surface area contributed by atoms with Gasteiger partial charge in [0.15, 0.2) is 0 Å². The molecule has 0 spiro atoms. The molecule has 0 amide bonds. The van der Waals surface area contributed by atoms with Gasteiger partial charge in [-0.05, 0) is 43.0 Å². The summed E-state index contributed by atoms with van der Waals surface area (Å²) in [6.45, 7) is 7.65. The lowest BCUT2D eigenvalue weighted by molar-refractivity contribution is 0.0322. The molecule has 4 nitrogen and oxygen atoms in total. The highest BCUT2D eigenvalue weighted by Gasteiger charge is 2.39. The number of fused-ring (bicyclic) bond motifs is 3. The molecule has 3 aliphatic rings. The second-order valence-corrected chi connectivity index (χ2v) is 7.02. The van der Waals surface area contributed by atoms with Crippen LogP contribution in [-0.4, -0.2) is 68.9 Å². The Bertz CT molecular complexity index is 542. The number of morpholine rings is 1. The zero-order chi connectivity index (χ0) is 15.6. The molecule has 126 valence electrons. The van der Waals surface area contributed by atoms with Gasteiger partial charge in [0.2, 0.25) is 0 Å². The van der Waals surface area contributed by atoms with Gasteiger partial charge in [-0.2, -0.15) is 0 Å². The fraction of sp³-hybridized carbons (Fsp3) is 0.684. The van der Waals surface area contributed by atoms with Crippen LogP contribution in [0, 0.1) is 0 Å². The fourth-order valence-electron chi connectivity index (χ4n) is 4.72. The molecule has 2 fully saturated rings. The molecule has 4 heteroatoms. The summed E-state index contributed by atoms with van der Waals surface area (Å²) < 4.78 is 11.0. The third kappa shape index (κ3) is 3.00. The van der Waals surface area contributed by atoms with Crippen molar-refractivity contribution in [1.82, 2.24) is 9.80 Å². The van der Waals surface area contributed by atoms with Gasteiger partial charge in [-0.1, -0.05) is 12.1 Å². The molecule has 2 heterocycles. The Labute approximate surface area is 139 Å². The third-order valence-corrected chi connectivity index (χ3v) is 5.95. The number of hydrogen-bond donors (Lipinski definition) is 0. The van der Waals surface area contributed by atoms with E-state index in [0.29, 0.717) is 5.92 Å². The van der Waals surface area contributed by atoms with Crippen LogP contribution in [0.5, 0.6) is 5.75 Å². The number of methoxy groups -OCH3 is 1. The van der Waals surface area contributed by atoms with Crippen molar-refractivity contribution < 1.29 is 9.47 Å². The minimum Gasteiger partial charge on any atom is -0.496 e. The minimum absolute atomic E-state index is 0.707. The molecule has 0 aromatic heterocycles. The van der Waals surface area contributed by atoms with Crippen molar-refractivity contribution in [2.75, 3.05) is 53.0 Å². The molecule has 0 N–H and O–H groups in total. The Morgan fingerprint density at radius 3 is 2.83 bits per heavy atom. The second kappa shape index (κ2) is 6.80. The average molecular weight is 316 g/mol. The van der Waals surface area contributed by atoms with E-state index in [1.54, 1.807) is 12.7 Å². The lowest BCUT2D eigenvalue weighted by Crippen LogP contribution is -2.43. The van der Waals surface area contributed by atoms with E-state index in [1.165, 1.54) is 38.0 Å². The third-order valence-electron chi connectivity index (χ3n) is 5.95. The number of rotatable bonds is 4. The lowest BCUT2D eigenvalue weighted by Gasteiger charge is -2.35. The van der Waals surface area contributed by atoms with E-state index in [4.69, 9.17) is 9.47 Å². The molecule has 23 heavy (non-hydrogen) atoms. The molecule has 0 saturated carbocycles. The van der Waals surface area contributed by atoms with Crippen molar-refractivity contribution in [3.63, 3.8) is 0 Å². The molecule has 1 aliphatic carbocycles. The molecule has 2 saturated heterocycles. The van der Waals surface area contributed by atoms with E-state index in [9.17, 15) is 0 Å². The van der Waals surface area contributed by atoms with Crippen LogP contribution >= 0.6 is 0 Å². The maximum absolute atomic E-state index is 5.58. The summed E-state index contributed by atoms with van der Waals surface area (Å²) in [7, 11) is 1.80. The van der Waals surface area contributed by atoms with Crippen molar-refractivity contribution in [3.05, 3.63) is 29.3 Å². The van der Waals surface area contributed by atoms with Crippen molar-refractivity contribution in [1.29, 1.82) is 0 Å². The number of likely N-dealkylation sites (tertiary alicyclic amines) is 1. The highest BCUT2D eigenvalue weighted by molar-refractivity contribution is 5.45. The number of benzene rings is 1. The van der Waals surface area contributed by atoms with Gasteiger partial charge in [-0.3, -0.25) is 9.80 Å². The van der Waals surface area contributed by atoms with E-state index in [2.05, 4.69) is 28.0 Å². The smallest absolute Gasteiger partial charge is 0.122 e. The summed E-state index contributed by atoms with van der Waals surface area (Å²) in [6.07, 6.45) is 3.74. The summed E-state index contributed by atoms with van der Waals surface area (Å²) >= 11 is 0. The zero-order valence-corrected chi connectivity index (χ0v) is 14.2. The van der Waals surface area contributed by atoms with Crippen molar-refractivity contribution in [3.8, 4) is 5.75 Å². The first kappa shape index (κ1) is 15.4. The van der Waals surface area contributed by atoms with Gasteiger partial charge in [0.05, 0.1) is 20.3 Å². The monoisotopic (exact) mass is 316 g/mol. The van der Waals surface area contributed by atoms with Crippen LogP contribution in [0.15, 0.2) is 18.2 Å². The Balaban J connectivity index is 1.42. The van der Waals surface area contributed by atoms with Crippen LogP contribution in [0.2, 0.25) is 0 Å². The molecular formula is C19H28N2O2. The van der Waals surface area contributed by atoms with E-state index in [1.807, 2.05) is 0 Å². The zero-order valence-electron chi connectivity index (χ0n) is 14.2. The first-order chi connectivity index (χ1) is 11.4. The molecule has 0 bridgehead atoms. The van der Waals surface area contributed by atoms with Crippen LogP contribution < -0.4 is 4.74 Å². The van der Waals surface area contributed by atoms with Crippen molar-refractivity contribution in [2.45, 2.75) is 31.2 Å². The van der Waals surface area contributed by atoms with Gasteiger partial charge in [0, 0.05) is 38.1 Å². The standard InChI is InChI=1S/C19H28N2O2/c1-22-19-4-2-3-15-16-7-8-21(18(16)6-5-17(15)19)10-9-20-11-13-23-14-12-20/h2-4,16,18H,5-14H2,1H3/t16-,18+/m0/s1. The minimum atomic E-state index is 0.707. The maximum atomic E-state index is 5.58. The van der Waals surface area contributed by atoms with Crippen LogP contribution in [0.1, 0.15) is 29.9 Å². The molecule has 2 atom stereocenters. The van der Waals surface area contributed by atoms with Gasteiger partial charge in [0.25, 0.3) is 0 Å². The van der Waals surface area contributed by atoms with Gasteiger partial charge in [-0.25, -0.2) is 0 Å². The van der Waals surface area contributed by atoms with Crippen LogP contribution in [0.4, 0.5) is 0 Å². The SMILES string of the molecule is COc1cccc2c1CC[C@@H]1[C@H]2CCN1CCN1CCOCC1. The molecule has 4 rings (SSSR count). The lowest BCUT2D eigenvalue weighted by atomic mass is 9.79.